The molecule has 0 bridgehead atoms. The molecule has 0 spiro atoms. The van der Waals surface area contributed by atoms with E-state index in [-0.39, 0.29) is 0 Å². The van der Waals surface area contributed by atoms with Crippen LogP contribution in [0.2, 0.25) is 0 Å². The molecule has 10 aromatic rings. The van der Waals surface area contributed by atoms with E-state index in [0.29, 0.717) is 0 Å². The monoisotopic (exact) mass is 596 g/mol. The Kier molecular flexibility index (Phi) is 5.64. The smallest absolute Gasteiger partial charge is 0.136 e. The SMILES string of the molecule is c1ccc2cc(-c3cc4ccccc4cc3-c3c4ccccc4c(-c4ccc5c(c4)oc4ccccc45)c4ccccc34)ccc2c1. The molecule has 0 amide bonds. The first-order chi connectivity index (χ1) is 23.3. The fourth-order valence-corrected chi connectivity index (χ4v) is 7.65. The van der Waals surface area contributed by atoms with Gasteiger partial charge in [0.2, 0.25) is 0 Å². The third kappa shape index (κ3) is 4.03. The van der Waals surface area contributed by atoms with E-state index < -0.39 is 0 Å². The number of furan rings is 1. The second-order valence-corrected chi connectivity index (χ2v) is 12.5. The Morgan fingerprint density at radius 2 is 0.766 bits per heavy atom. The van der Waals surface area contributed by atoms with Crippen molar-refractivity contribution in [1.82, 2.24) is 0 Å². The summed E-state index contributed by atoms with van der Waals surface area (Å²) >= 11 is 0. The predicted octanol–water partition coefficient (Wildman–Crippen LogP) is 13.2. The summed E-state index contributed by atoms with van der Waals surface area (Å²) in [6, 6.07) is 61.7. The number of benzene rings is 9. The molecule has 1 heterocycles. The first-order valence-electron chi connectivity index (χ1n) is 16.2. The standard InChI is InChI=1S/C46H28O/c1-2-12-30-25-33(22-21-29(30)11-1)41-26-31-13-3-4-14-32(31)27-42(41)46-39-18-7-5-16-37(39)45(38-17-6-8-19-40(38)46)34-23-24-36-35-15-9-10-20-43(35)47-44(36)28-34/h1-28H. The van der Waals surface area contributed by atoms with Gasteiger partial charge in [-0.25, -0.2) is 0 Å². The minimum atomic E-state index is 0.911. The molecule has 1 heteroatoms. The molecular formula is C46H28O. The van der Waals surface area contributed by atoms with Gasteiger partial charge >= 0.3 is 0 Å². The van der Waals surface area contributed by atoms with Crippen molar-refractivity contribution < 1.29 is 4.42 Å². The van der Waals surface area contributed by atoms with Gasteiger partial charge in [-0.05, 0) is 113 Å². The fraction of sp³-hybridized carbons (Fsp3) is 0. The second-order valence-electron chi connectivity index (χ2n) is 12.5. The molecule has 0 unspecified atom stereocenters. The lowest BCUT2D eigenvalue weighted by atomic mass is 9.83. The number of rotatable bonds is 3. The van der Waals surface area contributed by atoms with Crippen LogP contribution >= 0.6 is 0 Å². The first-order valence-corrected chi connectivity index (χ1v) is 16.2. The van der Waals surface area contributed by atoms with E-state index in [0.717, 1.165) is 27.5 Å². The zero-order chi connectivity index (χ0) is 30.9. The average Bonchev–Trinajstić information content (AvgIpc) is 3.51. The van der Waals surface area contributed by atoms with Crippen molar-refractivity contribution in [3.05, 3.63) is 170 Å². The highest BCUT2D eigenvalue weighted by Gasteiger charge is 2.20. The average molecular weight is 597 g/mol. The van der Waals surface area contributed by atoms with Crippen molar-refractivity contribution in [2.45, 2.75) is 0 Å². The molecular weight excluding hydrogens is 569 g/mol. The molecule has 0 N–H and O–H groups in total. The third-order valence-corrected chi connectivity index (χ3v) is 9.81. The van der Waals surface area contributed by atoms with Crippen LogP contribution in [0.3, 0.4) is 0 Å². The Hall–Kier alpha value is -6.18. The minimum Gasteiger partial charge on any atom is -0.456 e. The van der Waals surface area contributed by atoms with Crippen LogP contribution in [0.4, 0.5) is 0 Å². The zero-order valence-electron chi connectivity index (χ0n) is 25.6. The number of para-hydroxylation sites is 1. The maximum Gasteiger partial charge on any atom is 0.136 e. The summed E-state index contributed by atoms with van der Waals surface area (Å²) in [5, 5.41) is 12.2. The number of fused-ring (bicyclic) bond motifs is 7. The zero-order valence-corrected chi connectivity index (χ0v) is 25.6. The van der Waals surface area contributed by atoms with Crippen molar-refractivity contribution in [3.63, 3.8) is 0 Å². The van der Waals surface area contributed by atoms with Gasteiger partial charge in [0.05, 0.1) is 0 Å². The van der Waals surface area contributed by atoms with Crippen LogP contribution in [-0.2, 0) is 0 Å². The summed E-state index contributed by atoms with van der Waals surface area (Å²) in [4.78, 5) is 0. The molecule has 47 heavy (non-hydrogen) atoms. The van der Waals surface area contributed by atoms with E-state index in [9.17, 15) is 0 Å². The Morgan fingerprint density at radius 3 is 1.45 bits per heavy atom. The van der Waals surface area contributed by atoms with Gasteiger partial charge in [0.15, 0.2) is 0 Å². The lowest BCUT2D eigenvalue weighted by Gasteiger charge is -2.20. The molecule has 0 radical (unpaired) electrons. The van der Waals surface area contributed by atoms with Gasteiger partial charge in [-0.1, -0.05) is 133 Å². The summed E-state index contributed by atoms with van der Waals surface area (Å²) in [6.07, 6.45) is 0. The lowest BCUT2D eigenvalue weighted by Crippen LogP contribution is -1.93. The Labute approximate surface area is 271 Å². The van der Waals surface area contributed by atoms with Crippen molar-refractivity contribution in [3.8, 4) is 33.4 Å². The van der Waals surface area contributed by atoms with E-state index in [1.165, 1.54) is 70.9 Å². The van der Waals surface area contributed by atoms with Crippen molar-refractivity contribution >= 4 is 65.0 Å². The Balaban J connectivity index is 1.31. The number of hydrogen-bond acceptors (Lipinski definition) is 1. The summed E-state index contributed by atoms with van der Waals surface area (Å²) in [5.41, 5.74) is 9.18. The quantitative estimate of drug-likeness (QED) is 0.185. The van der Waals surface area contributed by atoms with E-state index >= 15 is 0 Å². The summed E-state index contributed by atoms with van der Waals surface area (Å²) in [7, 11) is 0. The highest BCUT2D eigenvalue weighted by molar-refractivity contribution is 6.23. The van der Waals surface area contributed by atoms with E-state index in [2.05, 4.69) is 158 Å². The highest BCUT2D eigenvalue weighted by Crippen LogP contribution is 2.47. The molecule has 0 atom stereocenters. The van der Waals surface area contributed by atoms with Crippen molar-refractivity contribution in [2.24, 2.45) is 0 Å². The van der Waals surface area contributed by atoms with E-state index in [4.69, 9.17) is 4.42 Å². The molecule has 1 nitrogen and oxygen atoms in total. The van der Waals surface area contributed by atoms with Gasteiger partial charge < -0.3 is 4.42 Å². The summed E-state index contributed by atoms with van der Waals surface area (Å²) < 4.78 is 6.37. The van der Waals surface area contributed by atoms with Crippen LogP contribution in [0.1, 0.15) is 0 Å². The van der Waals surface area contributed by atoms with Crippen LogP contribution in [-0.4, -0.2) is 0 Å². The lowest BCUT2D eigenvalue weighted by molar-refractivity contribution is 0.669. The van der Waals surface area contributed by atoms with E-state index in [1.807, 2.05) is 12.1 Å². The van der Waals surface area contributed by atoms with Gasteiger partial charge in [-0.15, -0.1) is 0 Å². The van der Waals surface area contributed by atoms with Crippen molar-refractivity contribution in [1.29, 1.82) is 0 Å². The molecule has 9 aromatic carbocycles. The maximum absolute atomic E-state index is 6.37. The van der Waals surface area contributed by atoms with Gasteiger partial charge in [-0.3, -0.25) is 0 Å². The Morgan fingerprint density at radius 1 is 0.277 bits per heavy atom. The van der Waals surface area contributed by atoms with Crippen molar-refractivity contribution in [2.75, 3.05) is 0 Å². The summed E-state index contributed by atoms with van der Waals surface area (Å²) in [6.45, 7) is 0. The molecule has 0 aliphatic carbocycles. The van der Waals surface area contributed by atoms with E-state index in [1.54, 1.807) is 0 Å². The minimum absolute atomic E-state index is 0.911. The molecule has 0 saturated carbocycles. The highest BCUT2D eigenvalue weighted by atomic mass is 16.3. The molecule has 0 fully saturated rings. The topological polar surface area (TPSA) is 13.1 Å². The van der Waals surface area contributed by atoms with Crippen LogP contribution in [0, 0.1) is 0 Å². The van der Waals surface area contributed by atoms with Crippen LogP contribution < -0.4 is 0 Å². The molecule has 0 aliphatic heterocycles. The largest absolute Gasteiger partial charge is 0.456 e. The molecule has 0 saturated heterocycles. The molecule has 1 aromatic heterocycles. The normalized spacial score (nSPS) is 11.8. The summed E-state index contributed by atoms with van der Waals surface area (Å²) in [5.74, 6) is 0. The molecule has 10 rings (SSSR count). The fourth-order valence-electron chi connectivity index (χ4n) is 7.65. The Bertz CT molecular complexity index is 2800. The first kappa shape index (κ1) is 26.1. The maximum atomic E-state index is 6.37. The predicted molar refractivity (Wildman–Crippen MR) is 200 cm³/mol. The molecule has 218 valence electrons. The van der Waals surface area contributed by atoms with Gasteiger partial charge in [0.25, 0.3) is 0 Å². The third-order valence-electron chi connectivity index (χ3n) is 9.81. The number of hydrogen-bond donors (Lipinski definition) is 0. The second kappa shape index (κ2) is 10.2. The van der Waals surface area contributed by atoms with Gasteiger partial charge in [0.1, 0.15) is 11.2 Å². The van der Waals surface area contributed by atoms with Crippen LogP contribution in [0.5, 0.6) is 0 Å². The van der Waals surface area contributed by atoms with Gasteiger partial charge in [-0.2, -0.15) is 0 Å². The van der Waals surface area contributed by atoms with Crippen LogP contribution in [0.15, 0.2) is 174 Å². The van der Waals surface area contributed by atoms with Crippen LogP contribution in [0.25, 0.3) is 98.4 Å². The van der Waals surface area contributed by atoms with Gasteiger partial charge in [0, 0.05) is 10.8 Å². The molecule has 0 aliphatic rings.